The average molecular weight is 515 g/mol. The molecule has 1 atom stereocenters. The zero-order chi connectivity index (χ0) is 24.0. The number of rotatable bonds is 8. The summed E-state index contributed by atoms with van der Waals surface area (Å²) in [7, 11) is 2.11. The first-order chi connectivity index (χ1) is 17.2. The second kappa shape index (κ2) is 11.2. The SMILES string of the molecule is CN1C(SCN(c2ccccc2)c2ccccc2)SC(=S)N1N(c1ccccc1)c1ccccc1. The van der Waals surface area contributed by atoms with Crippen molar-refractivity contribution < 1.29 is 0 Å². The van der Waals surface area contributed by atoms with Gasteiger partial charge in [-0.05, 0) is 60.7 Å². The van der Waals surface area contributed by atoms with Gasteiger partial charge in [-0.15, -0.1) is 11.8 Å². The second-order valence-corrected chi connectivity index (χ2v) is 11.0. The van der Waals surface area contributed by atoms with Gasteiger partial charge in [0.1, 0.15) is 4.71 Å². The molecule has 0 radical (unpaired) electrons. The molecule has 0 saturated carbocycles. The monoisotopic (exact) mass is 514 g/mol. The molecule has 1 aliphatic rings. The van der Waals surface area contributed by atoms with Crippen molar-refractivity contribution in [2.45, 2.75) is 4.71 Å². The van der Waals surface area contributed by atoms with E-state index in [1.807, 2.05) is 23.9 Å². The van der Waals surface area contributed by atoms with Crippen molar-refractivity contribution in [1.29, 1.82) is 0 Å². The lowest BCUT2D eigenvalue weighted by Crippen LogP contribution is -2.48. The molecular weight excluding hydrogens is 489 g/mol. The Morgan fingerprint density at radius 3 is 1.51 bits per heavy atom. The minimum Gasteiger partial charge on any atom is -0.332 e. The molecule has 0 spiro atoms. The Balaban J connectivity index is 1.39. The van der Waals surface area contributed by atoms with Crippen LogP contribution in [0.1, 0.15) is 0 Å². The molecule has 1 unspecified atom stereocenters. The minimum absolute atomic E-state index is 0.132. The molecule has 0 N–H and O–H groups in total. The van der Waals surface area contributed by atoms with E-state index in [4.69, 9.17) is 12.2 Å². The van der Waals surface area contributed by atoms with E-state index < -0.39 is 0 Å². The highest BCUT2D eigenvalue weighted by molar-refractivity contribution is 8.30. The third kappa shape index (κ3) is 5.33. The van der Waals surface area contributed by atoms with Crippen LogP contribution in [0.15, 0.2) is 121 Å². The molecule has 176 valence electrons. The summed E-state index contributed by atoms with van der Waals surface area (Å²) in [5, 5.41) is 6.52. The number of benzene rings is 4. The molecule has 0 aromatic heterocycles. The number of hydrogen-bond donors (Lipinski definition) is 0. The van der Waals surface area contributed by atoms with Gasteiger partial charge in [-0.3, -0.25) is 0 Å². The summed E-state index contributed by atoms with van der Waals surface area (Å²) >= 11 is 9.49. The van der Waals surface area contributed by atoms with Crippen LogP contribution < -0.4 is 9.91 Å². The van der Waals surface area contributed by atoms with Crippen LogP contribution in [0.25, 0.3) is 0 Å². The van der Waals surface area contributed by atoms with Gasteiger partial charge >= 0.3 is 0 Å². The lowest BCUT2D eigenvalue weighted by Gasteiger charge is -2.39. The van der Waals surface area contributed by atoms with Crippen LogP contribution in [0.4, 0.5) is 22.7 Å². The standard InChI is InChI=1S/C28H26N4S3/c1-29-28(34-22-30(23-14-6-2-7-15-23)24-16-8-3-9-17-24)35-27(33)32(29)31(25-18-10-4-11-19-25)26-20-12-5-13-21-26/h2-21,28H,22H2,1H3. The molecular formula is C28H26N4S3. The largest absolute Gasteiger partial charge is 0.332 e. The predicted octanol–water partition coefficient (Wildman–Crippen LogP) is 7.73. The van der Waals surface area contributed by atoms with Gasteiger partial charge in [0.15, 0.2) is 4.32 Å². The Morgan fingerprint density at radius 1 is 0.686 bits per heavy atom. The maximum Gasteiger partial charge on any atom is 0.175 e. The summed E-state index contributed by atoms with van der Waals surface area (Å²) < 4.78 is 0.955. The van der Waals surface area contributed by atoms with Crippen molar-refractivity contribution >= 4 is 62.8 Å². The maximum absolute atomic E-state index is 5.92. The number of thioether (sulfide) groups is 2. The molecule has 4 aromatic carbocycles. The maximum atomic E-state index is 5.92. The highest BCUT2D eigenvalue weighted by Gasteiger charge is 2.38. The number of nitrogens with zero attached hydrogens (tertiary/aromatic N) is 4. The Labute approximate surface area is 221 Å². The molecule has 0 bridgehead atoms. The van der Waals surface area contributed by atoms with Crippen molar-refractivity contribution in [3.05, 3.63) is 121 Å². The second-order valence-electron chi connectivity index (χ2n) is 7.93. The van der Waals surface area contributed by atoms with E-state index in [0.29, 0.717) is 0 Å². The number of para-hydroxylation sites is 4. The normalized spacial score (nSPS) is 15.9. The summed E-state index contributed by atoms with van der Waals surface area (Å²) in [6.45, 7) is 0. The Morgan fingerprint density at radius 2 is 1.09 bits per heavy atom. The summed E-state index contributed by atoms with van der Waals surface area (Å²) in [6, 6.07) is 41.8. The van der Waals surface area contributed by atoms with Crippen molar-refractivity contribution in [2.75, 3.05) is 22.8 Å². The van der Waals surface area contributed by atoms with E-state index in [1.165, 1.54) is 11.4 Å². The molecule has 4 aromatic rings. The molecule has 5 rings (SSSR count). The first-order valence-electron chi connectivity index (χ1n) is 11.4. The smallest absolute Gasteiger partial charge is 0.175 e. The van der Waals surface area contributed by atoms with Crippen LogP contribution in [0.2, 0.25) is 0 Å². The van der Waals surface area contributed by atoms with Gasteiger partial charge in [0.05, 0.1) is 17.3 Å². The number of anilines is 4. The number of hydrogen-bond acceptors (Lipinski definition) is 6. The fourth-order valence-corrected chi connectivity index (χ4v) is 6.94. The van der Waals surface area contributed by atoms with Crippen LogP contribution in [0, 0.1) is 0 Å². The predicted molar refractivity (Wildman–Crippen MR) is 156 cm³/mol. The Hall–Kier alpha value is -2.97. The first kappa shape index (κ1) is 23.8. The molecule has 1 saturated heterocycles. The lowest BCUT2D eigenvalue weighted by atomic mass is 10.2. The van der Waals surface area contributed by atoms with Gasteiger partial charge < -0.3 is 4.90 Å². The average Bonchev–Trinajstić information content (AvgIpc) is 3.20. The summed E-state index contributed by atoms with van der Waals surface area (Å²) in [4.78, 5) is 2.34. The number of thiocarbonyl (C=S) groups is 1. The van der Waals surface area contributed by atoms with Crippen molar-refractivity contribution in [1.82, 2.24) is 10.1 Å². The lowest BCUT2D eigenvalue weighted by molar-refractivity contribution is 0.108. The molecule has 1 aliphatic heterocycles. The zero-order valence-electron chi connectivity index (χ0n) is 19.3. The minimum atomic E-state index is 0.132. The molecule has 0 aliphatic carbocycles. The molecule has 35 heavy (non-hydrogen) atoms. The quantitative estimate of drug-likeness (QED) is 0.174. The molecule has 7 heteroatoms. The van der Waals surface area contributed by atoms with Crippen molar-refractivity contribution in [3.8, 4) is 0 Å². The van der Waals surface area contributed by atoms with Gasteiger partial charge in [0.25, 0.3) is 0 Å². The summed E-state index contributed by atoms with van der Waals surface area (Å²) in [5.41, 5.74) is 4.47. The molecule has 1 heterocycles. The van der Waals surface area contributed by atoms with Crippen molar-refractivity contribution in [2.24, 2.45) is 0 Å². The van der Waals surface area contributed by atoms with Crippen LogP contribution >= 0.6 is 35.7 Å². The van der Waals surface area contributed by atoms with E-state index >= 15 is 0 Å². The summed E-state index contributed by atoms with van der Waals surface area (Å²) in [6.07, 6.45) is 0. The van der Waals surface area contributed by atoms with E-state index in [0.717, 1.165) is 21.6 Å². The molecule has 0 amide bonds. The van der Waals surface area contributed by atoms with Crippen LogP contribution in [-0.4, -0.2) is 32.1 Å². The Bertz CT molecular complexity index is 1150. The molecule has 4 nitrogen and oxygen atoms in total. The number of hydrazine groups is 2. The van der Waals surface area contributed by atoms with Gasteiger partial charge in [0.2, 0.25) is 0 Å². The van der Waals surface area contributed by atoms with Gasteiger partial charge in [-0.25, -0.2) is 5.01 Å². The van der Waals surface area contributed by atoms with Gasteiger partial charge in [0, 0.05) is 18.4 Å². The van der Waals surface area contributed by atoms with Gasteiger partial charge in [-0.2, -0.15) is 10.1 Å². The fourth-order valence-electron chi connectivity index (χ4n) is 3.95. The summed E-state index contributed by atoms with van der Waals surface area (Å²) in [5.74, 6) is 0.795. The van der Waals surface area contributed by atoms with Crippen LogP contribution in [0.3, 0.4) is 0 Å². The topological polar surface area (TPSA) is 13.0 Å². The highest BCUT2D eigenvalue weighted by Crippen LogP contribution is 2.42. The highest BCUT2D eigenvalue weighted by atomic mass is 32.2. The fraction of sp³-hybridized carbons (Fsp3) is 0.107. The molecule has 1 fully saturated rings. The first-order valence-corrected chi connectivity index (χ1v) is 13.7. The third-order valence-corrected chi connectivity index (χ3v) is 8.66. The van der Waals surface area contributed by atoms with Crippen molar-refractivity contribution in [3.63, 3.8) is 0 Å². The van der Waals surface area contributed by atoms with Crippen LogP contribution in [0.5, 0.6) is 0 Å². The van der Waals surface area contributed by atoms with Crippen LogP contribution in [-0.2, 0) is 0 Å². The van der Waals surface area contributed by atoms with E-state index in [-0.39, 0.29) is 4.71 Å². The van der Waals surface area contributed by atoms with E-state index in [2.05, 4.69) is 136 Å². The van der Waals surface area contributed by atoms with E-state index in [1.54, 1.807) is 11.8 Å². The third-order valence-electron chi connectivity index (χ3n) is 5.64. The van der Waals surface area contributed by atoms with Gasteiger partial charge in [-0.1, -0.05) is 84.6 Å². The zero-order valence-corrected chi connectivity index (χ0v) is 21.8. The Kier molecular flexibility index (Phi) is 7.59. The van der Waals surface area contributed by atoms with E-state index in [9.17, 15) is 0 Å².